The van der Waals surface area contributed by atoms with E-state index in [1.807, 2.05) is 13.8 Å². The molecule has 1 amide bonds. The molecule has 1 aromatic rings. The standard InChI is InChI=1S/C6H7N3O3.C2H6/c1-7-6(12)4-8-2-3(10)5(11)9-4;1-2/h2,10H,1H3,(H,7,12)(H,8,9,11);1-2H3. The number of amides is 1. The highest BCUT2D eigenvalue weighted by Gasteiger charge is 2.06. The van der Waals surface area contributed by atoms with Gasteiger partial charge in [0.2, 0.25) is 0 Å². The lowest BCUT2D eigenvalue weighted by molar-refractivity contribution is 0.0952. The van der Waals surface area contributed by atoms with Gasteiger partial charge in [-0.05, 0) is 0 Å². The molecule has 0 atom stereocenters. The number of nitrogens with one attached hydrogen (secondary N) is 2. The molecule has 6 nitrogen and oxygen atoms in total. The number of hydrogen-bond acceptors (Lipinski definition) is 4. The Morgan fingerprint density at radius 2 is 2.14 bits per heavy atom. The van der Waals surface area contributed by atoms with Crippen molar-refractivity contribution in [2.45, 2.75) is 13.8 Å². The Bertz CT molecular complexity index is 359. The van der Waals surface area contributed by atoms with E-state index in [4.69, 9.17) is 5.11 Å². The normalized spacial score (nSPS) is 8.50. The molecule has 0 saturated carbocycles. The summed E-state index contributed by atoms with van der Waals surface area (Å²) in [6.45, 7) is 4.00. The summed E-state index contributed by atoms with van der Waals surface area (Å²) < 4.78 is 0. The molecule has 1 aromatic heterocycles. The van der Waals surface area contributed by atoms with Crippen LogP contribution >= 0.6 is 0 Å². The Balaban J connectivity index is 0.000000791. The molecule has 0 saturated heterocycles. The van der Waals surface area contributed by atoms with Gasteiger partial charge >= 0.3 is 0 Å². The summed E-state index contributed by atoms with van der Waals surface area (Å²) in [6.07, 6.45) is 0.920. The van der Waals surface area contributed by atoms with Gasteiger partial charge in [0.25, 0.3) is 11.5 Å². The van der Waals surface area contributed by atoms with E-state index >= 15 is 0 Å². The van der Waals surface area contributed by atoms with Crippen LogP contribution in [0.2, 0.25) is 0 Å². The molecule has 1 rings (SSSR count). The summed E-state index contributed by atoms with van der Waals surface area (Å²) in [5, 5.41) is 11.0. The Morgan fingerprint density at radius 3 is 2.57 bits per heavy atom. The highest BCUT2D eigenvalue weighted by Crippen LogP contribution is 1.94. The second-order valence-corrected chi connectivity index (χ2v) is 2.03. The molecule has 0 aromatic carbocycles. The van der Waals surface area contributed by atoms with Crippen molar-refractivity contribution in [1.29, 1.82) is 0 Å². The van der Waals surface area contributed by atoms with Crippen LogP contribution in [0.5, 0.6) is 5.75 Å². The van der Waals surface area contributed by atoms with Crippen LogP contribution in [-0.2, 0) is 0 Å². The lowest BCUT2D eigenvalue weighted by Gasteiger charge is -1.96. The minimum Gasteiger partial charge on any atom is -0.502 e. The van der Waals surface area contributed by atoms with Crippen molar-refractivity contribution in [1.82, 2.24) is 15.3 Å². The fourth-order valence-corrected chi connectivity index (χ4v) is 0.622. The van der Waals surface area contributed by atoms with Gasteiger partial charge in [0, 0.05) is 7.05 Å². The van der Waals surface area contributed by atoms with E-state index < -0.39 is 17.2 Å². The zero-order chi connectivity index (χ0) is 11.1. The molecule has 0 fully saturated rings. The van der Waals surface area contributed by atoms with Crippen LogP contribution in [0.15, 0.2) is 11.0 Å². The van der Waals surface area contributed by atoms with Crippen LogP contribution in [-0.4, -0.2) is 28.0 Å². The predicted molar refractivity (Wildman–Crippen MR) is 51.3 cm³/mol. The van der Waals surface area contributed by atoms with Crippen molar-refractivity contribution in [3.8, 4) is 5.75 Å². The van der Waals surface area contributed by atoms with Gasteiger partial charge in [0.05, 0.1) is 6.20 Å². The maximum atomic E-state index is 10.9. The van der Waals surface area contributed by atoms with Crippen LogP contribution in [0.1, 0.15) is 24.5 Å². The van der Waals surface area contributed by atoms with E-state index in [0.717, 1.165) is 6.20 Å². The molecule has 78 valence electrons. The second-order valence-electron chi connectivity index (χ2n) is 2.03. The Kier molecular flexibility index (Phi) is 4.98. The molecule has 0 bridgehead atoms. The second kappa shape index (κ2) is 5.74. The summed E-state index contributed by atoms with van der Waals surface area (Å²) in [7, 11) is 1.41. The van der Waals surface area contributed by atoms with Crippen molar-refractivity contribution in [2.24, 2.45) is 0 Å². The van der Waals surface area contributed by atoms with Gasteiger partial charge < -0.3 is 10.4 Å². The van der Waals surface area contributed by atoms with Crippen LogP contribution in [0.4, 0.5) is 0 Å². The minimum atomic E-state index is -0.733. The summed E-state index contributed by atoms with van der Waals surface area (Å²) in [5.74, 6) is -1.14. The maximum Gasteiger partial charge on any atom is 0.293 e. The first-order valence-electron chi connectivity index (χ1n) is 4.15. The molecule has 0 spiro atoms. The van der Waals surface area contributed by atoms with Crippen LogP contribution in [0.3, 0.4) is 0 Å². The largest absolute Gasteiger partial charge is 0.502 e. The van der Waals surface area contributed by atoms with E-state index in [1.54, 1.807) is 0 Å². The van der Waals surface area contributed by atoms with Crippen molar-refractivity contribution < 1.29 is 9.90 Å². The number of aromatic nitrogens is 2. The number of carbonyl (C=O) groups is 1. The van der Waals surface area contributed by atoms with E-state index in [2.05, 4.69) is 15.3 Å². The first-order valence-corrected chi connectivity index (χ1v) is 4.15. The molecule has 14 heavy (non-hydrogen) atoms. The third-order valence-electron chi connectivity index (χ3n) is 1.22. The first-order chi connectivity index (χ1) is 6.65. The number of aromatic amines is 1. The quantitative estimate of drug-likeness (QED) is 0.586. The summed E-state index contributed by atoms with van der Waals surface area (Å²) >= 11 is 0. The number of rotatable bonds is 1. The molecule has 0 unspecified atom stereocenters. The Morgan fingerprint density at radius 1 is 1.57 bits per heavy atom. The number of nitrogens with zero attached hydrogens (tertiary/aromatic N) is 1. The molecule has 6 heteroatoms. The van der Waals surface area contributed by atoms with Gasteiger partial charge in [-0.15, -0.1) is 0 Å². The first kappa shape index (κ1) is 12.2. The molecule has 0 radical (unpaired) electrons. The SMILES string of the molecule is CC.CNC(=O)c1ncc(O)c(=O)[nH]1. The van der Waals surface area contributed by atoms with Gasteiger partial charge in [-0.25, -0.2) is 4.98 Å². The van der Waals surface area contributed by atoms with Gasteiger partial charge in [-0.2, -0.15) is 0 Å². The molecular weight excluding hydrogens is 186 g/mol. The predicted octanol–water partition coefficient (Wildman–Crippen LogP) is -0.139. The van der Waals surface area contributed by atoms with E-state index in [0.29, 0.717) is 0 Å². The van der Waals surface area contributed by atoms with Gasteiger partial charge in [0.1, 0.15) is 0 Å². The third kappa shape index (κ3) is 2.89. The fraction of sp³-hybridized carbons (Fsp3) is 0.375. The van der Waals surface area contributed by atoms with Crippen LogP contribution < -0.4 is 10.9 Å². The van der Waals surface area contributed by atoms with Crippen molar-refractivity contribution >= 4 is 5.91 Å². The van der Waals surface area contributed by atoms with Crippen LogP contribution in [0, 0.1) is 0 Å². The van der Waals surface area contributed by atoms with Crippen LogP contribution in [0.25, 0.3) is 0 Å². The third-order valence-corrected chi connectivity index (χ3v) is 1.22. The number of hydrogen-bond donors (Lipinski definition) is 3. The summed E-state index contributed by atoms with van der Waals surface area (Å²) in [6, 6.07) is 0. The number of aromatic hydroxyl groups is 1. The van der Waals surface area contributed by atoms with Crippen molar-refractivity contribution in [3.05, 3.63) is 22.4 Å². The molecule has 3 N–H and O–H groups in total. The highest BCUT2D eigenvalue weighted by molar-refractivity contribution is 5.89. The monoisotopic (exact) mass is 199 g/mol. The molecule has 0 aliphatic heterocycles. The molecule has 1 heterocycles. The van der Waals surface area contributed by atoms with E-state index in [9.17, 15) is 9.59 Å². The van der Waals surface area contributed by atoms with E-state index in [-0.39, 0.29) is 5.82 Å². The zero-order valence-corrected chi connectivity index (χ0v) is 8.29. The lowest BCUT2D eigenvalue weighted by atomic mass is 10.5. The number of carbonyl (C=O) groups excluding carboxylic acids is 1. The molecule has 0 aliphatic rings. The zero-order valence-electron chi connectivity index (χ0n) is 8.29. The molecular formula is C8H13N3O3. The molecule has 0 aliphatic carbocycles. The lowest BCUT2D eigenvalue weighted by Crippen LogP contribution is -2.23. The average Bonchev–Trinajstić information content (AvgIpc) is 2.24. The van der Waals surface area contributed by atoms with E-state index in [1.165, 1.54) is 7.05 Å². The summed E-state index contributed by atoms with van der Waals surface area (Å²) in [5.41, 5.74) is -0.733. The summed E-state index contributed by atoms with van der Waals surface area (Å²) in [4.78, 5) is 27.2. The smallest absolute Gasteiger partial charge is 0.293 e. The minimum absolute atomic E-state index is 0.125. The maximum absolute atomic E-state index is 10.9. The topological polar surface area (TPSA) is 95.1 Å². The number of H-pyrrole nitrogens is 1. The highest BCUT2D eigenvalue weighted by atomic mass is 16.3. The Labute approximate surface area is 81.0 Å². The van der Waals surface area contributed by atoms with Crippen molar-refractivity contribution in [3.63, 3.8) is 0 Å². The Hall–Kier alpha value is -1.85. The van der Waals surface area contributed by atoms with Gasteiger partial charge in [-0.3, -0.25) is 14.6 Å². The fourth-order valence-electron chi connectivity index (χ4n) is 0.622. The van der Waals surface area contributed by atoms with Gasteiger partial charge in [0.15, 0.2) is 11.6 Å². The van der Waals surface area contributed by atoms with Crippen molar-refractivity contribution in [2.75, 3.05) is 7.05 Å². The average molecular weight is 199 g/mol. The van der Waals surface area contributed by atoms with Gasteiger partial charge in [-0.1, -0.05) is 13.8 Å².